The quantitative estimate of drug-likeness (QED) is 0.530. The Kier molecular flexibility index (Phi) is 2.19. The molecule has 0 spiro atoms. The van der Waals surface area contributed by atoms with Gasteiger partial charge in [-0.15, -0.1) is 0 Å². The molecular weight excluding hydrogens is 178 g/mol. The Morgan fingerprint density at radius 1 is 1.36 bits per heavy atom. The summed E-state index contributed by atoms with van der Waals surface area (Å²) in [5, 5.41) is 11.3. The van der Waals surface area contributed by atoms with Gasteiger partial charge in [0.15, 0.2) is 0 Å². The van der Waals surface area contributed by atoms with E-state index in [2.05, 4.69) is 4.90 Å². The Hall–Kier alpha value is -1.45. The molecule has 14 heavy (non-hydrogen) atoms. The van der Waals surface area contributed by atoms with Gasteiger partial charge in [-0.3, -0.25) is 5.73 Å². The Morgan fingerprint density at radius 2 is 2.00 bits per heavy atom. The Morgan fingerprint density at radius 3 is 2.57 bits per heavy atom. The van der Waals surface area contributed by atoms with Crippen molar-refractivity contribution in [1.29, 1.82) is 0 Å². The number of anilines is 2. The van der Waals surface area contributed by atoms with Crippen molar-refractivity contribution in [2.75, 3.05) is 23.7 Å². The normalized spacial score (nSPS) is 16.2. The van der Waals surface area contributed by atoms with Crippen LogP contribution >= 0.6 is 0 Å². The molecule has 1 fully saturated rings. The lowest BCUT2D eigenvalue weighted by molar-refractivity contribution is -0.596. The monoisotopic (exact) mass is 193 g/mol. The molecule has 1 aromatic heterocycles. The summed E-state index contributed by atoms with van der Waals surface area (Å²) in [5.41, 5.74) is 7.35. The van der Waals surface area contributed by atoms with E-state index in [-0.39, 0.29) is 5.82 Å². The van der Waals surface area contributed by atoms with E-state index in [1.54, 1.807) is 13.0 Å². The molecule has 1 saturated heterocycles. The molecule has 0 saturated carbocycles. The number of rotatable bonds is 1. The van der Waals surface area contributed by atoms with Gasteiger partial charge in [0.25, 0.3) is 5.82 Å². The summed E-state index contributed by atoms with van der Waals surface area (Å²) in [5.74, 6) is 0.284. The minimum atomic E-state index is 0.284. The van der Waals surface area contributed by atoms with Crippen LogP contribution in [0.1, 0.15) is 18.5 Å². The van der Waals surface area contributed by atoms with E-state index in [1.807, 2.05) is 6.07 Å². The first kappa shape index (κ1) is 9.12. The van der Waals surface area contributed by atoms with E-state index in [1.165, 1.54) is 12.8 Å². The maximum Gasteiger partial charge on any atom is 0.277 e. The molecule has 0 unspecified atom stereocenters. The van der Waals surface area contributed by atoms with Crippen LogP contribution in [0, 0.1) is 12.1 Å². The molecule has 0 amide bonds. The average molecular weight is 193 g/mol. The maximum atomic E-state index is 11.3. The van der Waals surface area contributed by atoms with E-state index in [4.69, 9.17) is 5.73 Å². The van der Waals surface area contributed by atoms with Crippen molar-refractivity contribution in [3.05, 3.63) is 23.0 Å². The van der Waals surface area contributed by atoms with Crippen molar-refractivity contribution < 1.29 is 4.73 Å². The van der Waals surface area contributed by atoms with Crippen LogP contribution in [0.5, 0.6) is 0 Å². The average Bonchev–Trinajstić information content (AvgIpc) is 2.66. The molecule has 1 aliphatic rings. The van der Waals surface area contributed by atoms with Crippen molar-refractivity contribution in [3.63, 3.8) is 0 Å². The summed E-state index contributed by atoms with van der Waals surface area (Å²) in [4.78, 5) is 2.27. The van der Waals surface area contributed by atoms with E-state index >= 15 is 0 Å². The molecule has 1 aromatic rings. The summed E-state index contributed by atoms with van der Waals surface area (Å²) >= 11 is 0. The zero-order valence-electron chi connectivity index (χ0n) is 8.36. The second-order valence-corrected chi connectivity index (χ2v) is 3.77. The van der Waals surface area contributed by atoms with Gasteiger partial charge in [0.2, 0.25) is 0 Å². The lowest BCUT2D eigenvalue weighted by atomic mass is 10.3. The molecule has 2 N–H and O–H groups in total. The van der Waals surface area contributed by atoms with Gasteiger partial charge in [-0.1, -0.05) is 0 Å². The minimum absolute atomic E-state index is 0.284. The second-order valence-electron chi connectivity index (χ2n) is 3.77. The highest BCUT2D eigenvalue weighted by molar-refractivity contribution is 5.51. The van der Waals surface area contributed by atoms with Gasteiger partial charge in [-0.2, -0.15) is 0 Å². The van der Waals surface area contributed by atoms with Gasteiger partial charge in [0, 0.05) is 24.8 Å². The van der Waals surface area contributed by atoms with Gasteiger partial charge in [0.1, 0.15) is 5.69 Å². The van der Waals surface area contributed by atoms with Gasteiger partial charge < -0.3 is 10.1 Å². The fourth-order valence-electron chi connectivity index (χ4n) is 1.89. The van der Waals surface area contributed by atoms with Crippen molar-refractivity contribution in [2.45, 2.75) is 19.8 Å². The van der Waals surface area contributed by atoms with Crippen LogP contribution in [0.4, 0.5) is 11.5 Å². The first-order valence-corrected chi connectivity index (χ1v) is 4.93. The van der Waals surface area contributed by atoms with Crippen molar-refractivity contribution in [2.24, 2.45) is 0 Å². The summed E-state index contributed by atoms with van der Waals surface area (Å²) in [6.07, 6.45) is 2.45. The molecule has 0 aromatic carbocycles. The summed E-state index contributed by atoms with van der Waals surface area (Å²) in [7, 11) is 0. The summed E-state index contributed by atoms with van der Waals surface area (Å²) in [6, 6.07) is 3.65. The number of hydrogen-bond acceptors (Lipinski definition) is 3. The van der Waals surface area contributed by atoms with E-state index in [9.17, 15) is 5.21 Å². The van der Waals surface area contributed by atoms with Crippen LogP contribution in [0.15, 0.2) is 12.1 Å². The number of nitrogen functional groups attached to an aromatic ring is 1. The molecule has 0 bridgehead atoms. The topological polar surface area (TPSA) is 56.2 Å². The Bertz CT molecular complexity index is 322. The minimum Gasteiger partial charge on any atom is -0.710 e. The van der Waals surface area contributed by atoms with Gasteiger partial charge in [0.05, 0.1) is 6.07 Å². The fraction of sp³-hybridized carbons (Fsp3) is 0.500. The van der Waals surface area contributed by atoms with Crippen LogP contribution in [0.2, 0.25) is 0 Å². The number of aryl methyl sites for hydroxylation is 1. The fourth-order valence-corrected chi connectivity index (χ4v) is 1.89. The molecule has 4 nitrogen and oxygen atoms in total. The van der Waals surface area contributed by atoms with Crippen LogP contribution in [-0.2, 0) is 0 Å². The van der Waals surface area contributed by atoms with Gasteiger partial charge >= 0.3 is 0 Å². The number of nitrogens with two attached hydrogens (primary N) is 1. The molecule has 4 heteroatoms. The van der Waals surface area contributed by atoms with Crippen molar-refractivity contribution in [1.82, 2.24) is 0 Å². The third-order valence-electron chi connectivity index (χ3n) is 2.68. The smallest absolute Gasteiger partial charge is 0.277 e. The lowest BCUT2D eigenvalue weighted by Crippen LogP contribution is -2.34. The van der Waals surface area contributed by atoms with Crippen LogP contribution in [0.25, 0.3) is 0 Å². The van der Waals surface area contributed by atoms with Crippen molar-refractivity contribution >= 4 is 11.5 Å². The number of nitrogens with zero attached hydrogens (tertiary/aromatic N) is 2. The highest BCUT2D eigenvalue weighted by Crippen LogP contribution is 2.21. The van der Waals surface area contributed by atoms with E-state index < -0.39 is 0 Å². The van der Waals surface area contributed by atoms with Crippen LogP contribution in [-0.4, -0.2) is 13.1 Å². The maximum absolute atomic E-state index is 11.3. The number of pyridine rings is 1. The largest absolute Gasteiger partial charge is 0.710 e. The van der Waals surface area contributed by atoms with Gasteiger partial charge in [-0.25, -0.2) is 4.73 Å². The zero-order chi connectivity index (χ0) is 10.1. The van der Waals surface area contributed by atoms with E-state index in [0.717, 1.165) is 23.5 Å². The number of hydrogen-bond donors (Lipinski definition) is 1. The summed E-state index contributed by atoms with van der Waals surface area (Å²) in [6.45, 7) is 3.92. The Labute approximate surface area is 83.5 Å². The van der Waals surface area contributed by atoms with E-state index in [0.29, 0.717) is 5.69 Å². The molecule has 76 valence electrons. The number of aromatic nitrogens is 1. The predicted molar refractivity (Wildman–Crippen MR) is 56.0 cm³/mol. The molecule has 0 atom stereocenters. The van der Waals surface area contributed by atoms with Gasteiger partial charge in [-0.05, 0) is 19.8 Å². The Balaban J connectivity index is 2.34. The lowest BCUT2D eigenvalue weighted by Gasteiger charge is -2.19. The molecular formula is C10H15N3O. The molecule has 0 aliphatic carbocycles. The second kappa shape index (κ2) is 3.36. The molecule has 1 aliphatic heterocycles. The SMILES string of the molecule is Cc1cc(N2CCCC2)cc(N)[n+]1[O-]. The molecule has 2 heterocycles. The third-order valence-corrected chi connectivity index (χ3v) is 2.68. The highest BCUT2D eigenvalue weighted by Gasteiger charge is 2.15. The molecule has 0 radical (unpaired) electrons. The first-order valence-electron chi connectivity index (χ1n) is 4.93. The van der Waals surface area contributed by atoms with Crippen LogP contribution < -0.4 is 15.4 Å². The van der Waals surface area contributed by atoms with Crippen molar-refractivity contribution in [3.8, 4) is 0 Å². The van der Waals surface area contributed by atoms with Crippen LogP contribution in [0.3, 0.4) is 0 Å². The standard InChI is InChI=1S/C10H15N3O/c1-8-6-9(7-10(11)13(8)14)12-4-2-3-5-12/h6-7H,2-5,11H2,1H3. The third kappa shape index (κ3) is 1.47. The highest BCUT2D eigenvalue weighted by atomic mass is 16.5. The zero-order valence-corrected chi connectivity index (χ0v) is 8.36. The summed E-state index contributed by atoms with van der Waals surface area (Å²) < 4.78 is 0.763. The first-order chi connectivity index (χ1) is 6.68. The predicted octanol–water partition coefficient (Wildman–Crippen LogP) is 0.811. The molecule has 2 rings (SSSR count).